The summed E-state index contributed by atoms with van der Waals surface area (Å²) in [5.41, 5.74) is 2.26. The third kappa shape index (κ3) is 8.82. The van der Waals surface area contributed by atoms with Gasteiger partial charge in [-0.3, -0.25) is 13.9 Å². The van der Waals surface area contributed by atoms with E-state index in [1.807, 2.05) is 65.0 Å². The van der Waals surface area contributed by atoms with Crippen molar-refractivity contribution < 1.29 is 22.7 Å². The Morgan fingerprint density at radius 2 is 1.55 bits per heavy atom. The number of aryl methyl sites for hydroxylation is 1. The zero-order valence-corrected chi connectivity index (χ0v) is 26.1. The molecular weight excluding hydrogens is 550 g/mol. The Bertz CT molecular complexity index is 1390. The van der Waals surface area contributed by atoms with Crippen LogP contribution in [0, 0.1) is 12.8 Å². The minimum atomic E-state index is -4.12. The second-order valence-electron chi connectivity index (χ2n) is 10.6. The average Bonchev–Trinajstić information content (AvgIpc) is 2.98. The van der Waals surface area contributed by atoms with Gasteiger partial charge < -0.3 is 15.0 Å². The fourth-order valence-electron chi connectivity index (χ4n) is 4.56. The van der Waals surface area contributed by atoms with Crippen LogP contribution in [0.15, 0.2) is 83.8 Å². The van der Waals surface area contributed by atoms with Crippen LogP contribution in [0.25, 0.3) is 0 Å². The van der Waals surface area contributed by atoms with Crippen LogP contribution in [0.2, 0.25) is 0 Å². The van der Waals surface area contributed by atoms with Crippen molar-refractivity contribution in [3.05, 3.63) is 90.0 Å². The van der Waals surface area contributed by atoms with Gasteiger partial charge in [-0.2, -0.15) is 0 Å². The molecule has 42 heavy (non-hydrogen) atoms. The largest absolute Gasteiger partial charge is 0.494 e. The molecule has 226 valence electrons. The van der Waals surface area contributed by atoms with Gasteiger partial charge in [0.15, 0.2) is 0 Å². The van der Waals surface area contributed by atoms with Gasteiger partial charge in [-0.1, -0.05) is 68.8 Å². The van der Waals surface area contributed by atoms with Gasteiger partial charge in [0.2, 0.25) is 11.8 Å². The summed E-state index contributed by atoms with van der Waals surface area (Å²) in [5.74, 6) is 0.135. The van der Waals surface area contributed by atoms with E-state index in [0.29, 0.717) is 37.4 Å². The maximum atomic E-state index is 14.1. The third-order valence-electron chi connectivity index (χ3n) is 6.88. The lowest BCUT2D eigenvalue weighted by molar-refractivity contribution is -0.139. The van der Waals surface area contributed by atoms with Crippen LogP contribution in [0.4, 0.5) is 5.69 Å². The van der Waals surface area contributed by atoms with E-state index < -0.39 is 28.5 Å². The molecule has 1 atom stereocenters. The molecule has 0 aliphatic rings. The van der Waals surface area contributed by atoms with Crippen LogP contribution in [0.5, 0.6) is 5.75 Å². The molecule has 3 aromatic carbocycles. The Hall–Kier alpha value is -3.85. The molecule has 0 heterocycles. The number of ether oxygens (including phenoxy) is 1. The van der Waals surface area contributed by atoms with Crippen LogP contribution < -0.4 is 14.4 Å². The number of sulfonamides is 1. The van der Waals surface area contributed by atoms with E-state index in [9.17, 15) is 18.0 Å². The fourth-order valence-corrected chi connectivity index (χ4v) is 5.97. The number of carbonyl (C=O) groups is 2. The van der Waals surface area contributed by atoms with Gasteiger partial charge in [0.05, 0.1) is 17.2 Å². The molecule has 1 unspecified atom stereocenters. The lowest BCUT2D eigenvalue weighted by Gasteiger charge is -2.33. The minimum Gasteiger partial charge on any atom is -0.494 e. The second kappa shape index (κ2) is 15.4. The molecule has 0 aromatic heterocycles. The summed E-state index contributed by atoms with van der Waals surface area (Å²) >= 11 is 0. The van der Waals surface area contributed by atoms with Crippen molar-refractivity contribution in [2.45, 2.75) is 58.4 Å². The summed E-state index contributed by atoms with van der Waals surface area (Å²) in [5, 5.41) is 2.95. The van der Waals surface area contributed by atoms with Gasteiger partial charge in [-0.05, 0) is 74.6 Å². The van der Waals surface area contributed by atoms with Crippen LogP contribution in [0.3, 0.4) is 0 Å². The Morgan fingerprint density at radius 3 is 2.12 bits per heavy atom. The van der Waals surface area contributed by atoms with E-state index in [0.717, 1.165) is 15.4 Å². The monoisotopic (exact) mass is 593 g/mol. The van der Waals surface area contributed by atoms with E-state index in [1.54, 1.807) is 36.4 Å². The Labute approximate surface area is 250 Å². The summed E-state index contributed by atoms with van der Waals surface area (Å²) < 4.78 is 34.6. The van der Waals surface area contributed by atoms with Crippen molar-refractivity contribution in [1.29, 1.82) is 0 Å². The van der Waals surface area contributed by atoms with E-state index in [-0.39, 0.29) is 23.3 Å². The number of rotatable bonds is 15. The summed E-state index contributed by atoms with van der Waals surface area (Å²) in [7, 11) is -4.12. The smallest absolute Gasteiger partial charge is 0.264 e. The quantitative estimate of drug-likeness (QED) is 0.261. The maximum Gasteiger partial charge on any atom is 0.264 e. The van der Waals surface area contributed by atoms with Crippen LogP contribution >= 0.6 is 0 Å². The van der Waals surface area contributed by atoms with E-state index >= 15 is 0 Å². The molecule has 0 aliphatic carbocycles. The summed E-state index contributed by atoms with van der Waals surface area (Å²) in [6.07, 6.45) is 0.909. The highest BCUT2D eigenvalue weighted by Gasteiger charge is 2.33. The van der Waals surface area contributed by atoms with Crippen LogP contribution in [-0.4, -0.2) is 57.4 Å². The number of carbonyl (C=O) groups excluding carboxylic acids is 2. The molecule has 8 nitrogen and oxygen atoms in total. The molecule has 9 heteroatoms. The van der Waals surface area contributed by atoms with E-state index in [1.165, 1.54) is 17.0 Å². The third-order valence-corrected chi connectivity index (χ3v) is 8.67. The van der Waals surface area contributed by atoms with Gasteiger partial charge in [0, 0.05) is 13.1 Å². The zero-order chi connectivity index (χ0) is 30.7. The molecular formula is C33H43N3O5S. The van der Waals surface area contributed by atoms with Crippen molar-refractivity contribution in [3.63, 3.8) is 0 Å². The van der Waals surface area contributed by atoms with Crippen molar-refractivity contribution in [1.82, 2.24) is 10.2 Å². The molecule has 0 fully saturated rings. The summed E-state index contributed by atoms with van der Waals surface area (Å²) in [6, 6.07) is 22.1. The number of hydrogen-bond donors (Lipinski definition) is 1. The number of amides is 2. The molecule has 0 spiro atoms. The van der Waals surface area contributed by atoms with E-state index in [4.69, 9.17) is 4.74 Å². The first-order valence-corrected chi connectivity index (χ1v) is 15.9. The zero-order valence-electron chi connectivity index (χ0n) is 25.2. The highest BCUT2D eigenvalue weighted by molar-refractivity contribution is 7.92. The van der Waals surface area contributed by atoms with Crippen molar-refractivity contribution in [2.24, 2.45) is 5.92 Å². The second-order valence-corrected chi connectivity index (χ2v) is 12.5. The number of nitrogens with one attached hydrogen (secondary N) is 1. The van der Waals surface area contributed by atoms with E-state index in [2.05, 4.69) is 5.32 Å². The minimum absolute atomic E-state index is 0.0762. The van der Waals surface area contributed by atoms with Gasteiger partial charge in [0.25, 0.3) is 10.0 Å². The topological polar surface area (TPSA) is 96.0 Å². The first-order valence-electron chi connectivity index (χ1n) is 14.5. The number of hydrogen-bond acceptors (Lipinski definition) is 5. The molecule has 3 rings (SSSR count). The highest BCUT2D eigenvalue weighted by Crippen LogP contribution is 2.27. The predicted molar refractivity (Wildman–Crippen MR) is 167 cm³/mol. The molecule has 0 radical (unpaired) electrons. The molecule has 3 aromatic rings. The lowest BCUT2D eigenvalue weighted by Crippen LogP contribution is -2.53. The number of anilines is 1. The summed E-state index contributed by atoms with van der Waals surface area (Å²) in [6.45, 7) is 10.4. The molecule has 0 bridgehead atoms. The fraction of sp³-hybridized carbons (Fsp3) is 0.394. The number of benzene rings is 3. The molecule has 1 N–H and O–H groups in total. The van der Waals surface area contributed by atoms with Gasteiger partial charge >= 0.3 is 0 Å². The SMILES string of the molecule is CCOc1ccc(N(CC(=O)N(CCc2ccccc2)C(CC)C(=O)NCC(C)C)S(=O)(=O)c2ccc(C)cc2)cc1. The molecule has 2 amide bonds. The van der Waals surface area contributed by atoms with Gasteiger partial charge in [0.1, 0.15) is 18.3 Å². The Morgan fingerprint density at radius 1 is 0.905 bits per heavy atom. The van der Waals surface area contributed by atoms with Crippen molar-refractivity contribution >= 4 is 27.5 Å². The Balaban J connectivity index is 2.00. The normalized spacial score (nSPS) is 12.0. The molecule has 0 saturated carbocycles. The van der Waals surface area contributed by atoms with Crippen LogP contribution in [-0.2, 0) is 26.0 Å². The highest BCUT2D eigenvalue weighted by atomic mass is 32.2. The first-order chi connectivity index (χ1) is 20.1. The van der Waals surface area contributed by atoms with Gasteiger partial charge in [-0.25, -0.2) is 8.42 Å². The lowest BCUT2D eigenvalue weighted by atomic mass is 10.1. The van der Waals surface area contributed by atoms with Gasteiger partial charge in [-0.15, -0.1) is 0 Å². The Kier molecular flexibility index (Phi) is 12.0. The number of nitrogens with zero attached hydrogens (tertiary/aromatic N) is 2. The predicted octanol–water partition coefficient (Wildman–Crippen LogP) is 5.21. The standard InChI is InChI=1S/C33H43N3O5S/c1-6-31(33(38)34-23-25(3)4)35(22-21-27-11-9-8-10-12-27)32(37)24-36(28-15-17-29(18-16-28)41-7-2)42(39,40)30-19-13-26(5)14-20-30/h8-20,25,31H,6-7,21-24H2,1-5H3,(H,34,38). The first kappa shape index (κ1) is 32.7. The molecule has 0 saturated heterocycles. The molecule has 0 aliphatic heterocycles. The van der Waals surface area contributed by atoms with Crippen LogP contribution in [0.1, 0.15) is 45.2 Å². The average molecular weight is 594 g/mol. The maximum absolute atomic E-state index is 14.1. The van der Waals surface area contributed by atoms with Crippen molar-refractivity contribution in [3.8, 4) is 5.75 Å². The summed E-state index contributed by atoms with van der Waals surface area (Å²) in [4.78, 5) is 29.0. The van der Waals surface area contributed by atoms with Crippen molar-refractivity contribution in [2.75, 3.05) is 30.5 Å².